The number of likely N-dealkylation sites (N-methyl/N-ethyl adjacent to an activating group) is 1. The fraction of sp³-hybridized carbons (Fsp3) is 0.333. The first-order chi connectivity index (χ1) is 18.6. The number of rotatable bonds is 6. The van der Waals surface area contributed by atoms with Gasteiger partial charge in [-0.15, -0.1) is 0 Å². The molecule has 1 amide bonds. The van der Waals surface area contributed by atoms with E-state index < -0.39 is 40.6 Å². The summed E-state index contributed by atoms with van der Waals surface area (Å²) in [7, 11) is 1.93. The highest BCUT2D eigenvalue weighted by molar-refractivity contribution is 6.28. The number of halogens is 5. The lowest BCUT2D eigenvalue weighted by molar-refractivity contribution is -0.127. The zero-order valence-electron chi connectivity index (χ0n) is 21.1. The van der Waals surface area contributed by atoms with Crippen LogP contribution in [0.1, 0.15) is 24.2 Å². The van der Waals surface area contributed by atoms with Crippen molar-refractivity contribution in [3.05, 3.63) is 88.3 Å². The molecule has 2 unspecified atom stereocenters. The molecule has 0 radical (unpaired) electrons. The number of morpholine rings is 1. The third kappa shape index (κ3) is 5.13. The van der Waals surface area contributed by atoms with Gasteiger partial charge in [0.15, 0.2) is 16.6 Å². The van der Waals surface area contributed by atoms with Crippen molar-refractivity contribution in [3.8, 4) is 0 Å². The summed E-state index contributed by atoms with van der Waals surface area (Å²) >= 11 is 6.06. The number of benzene rings is 2. The molecule has 39 heavy (non-hydrogen) atoms. The van der Waals surface area contributed by atoms with Crippen LogP contribution in [0.15, 0.2) is 58.0 Å². The Bertz CT molecular complexity index is 1430. The maximum absolute atomic E-state index is 15.1. The van der Waals surface area contributed by atoms with E-state index in [1.165, 1.54) is 25.1 Å². The molecule has 1 fully saturated rings. The summed E-state index contributed by atoms with van der Waals surface area (Å²) in [5.41, 5.74) is -2.16. The molecule has 206 valence electrons. The van der Waals surface area contributed by atoms with E-state index in [9.17, 15) is 13.6 Å². The van der Waals surface area contributed by atoms with E-state index in [0.29, 0.717) is 25.3 Å². The lowest BCUT2D eigenvalue weighted by Gasteiger charge is -2.37. The van der Waals surface area contributed by atoms with Crippen molar-refractivity contribution in [3.63, 3.8) is 0 Å². The normalized spacial score (nSPS) is 23.7. The third-order valence-corrected chi connectivity index (χ3v) is 7.20. The monoisotopic (exact) mass is 564 g/mol. The molecule has 3 atom stereocenters. The molecule has 12 heteroatoms. The highest BCUT2D eigenvalue weighted by Crippen LogP contribution is 2.46. The molecule has 7 nitrogen and oxygen atoms in total. The van der Waals surface area contributed by atoms with Gasteiger partial charge in [0.25, 0.3) is 0 Å². The Morgan fingerprint density at radius 1 is 1.10 bits per heavy atom. The zero-order chi connectivity index (χ0) is 27.9. The average molecular weight is 565 g/mol. The van der Waals surface area contributed by atoms with Gasteiger partial charge in [-0.3, -0.25) is 4.79 Å². The summed E-state index contributed by atoms with van der Waals surface area (Å²) in [5, 5.41) is 8.41. The second kappa shape index (κ2) is 10.6. The van der Waals surface area contributed by atoms with Crippen molar-refractivity contribution in [2.24, 2.45) is 5.10 Å². The lowest BCUT2D eigenvalue weighted by Crippen LogP contribution is -2.58. The maximum atomic E-state index is 15.1. The van der Waals surface area contributed by atoms with Gasteiger partial charge < -0.3 is 19.4 Å². The van der Waals surface area contributed by atoms with Gasteiger partial charge in [-0.25, -0.2) is 22.6 Å². The first-order valence-electron chi connectivity index (χ1n) is 12.2. The second-order valence-corrected chi connectivity index (χ2v) is 10.1. The maximum Gasteiger partial charge on any atom is 0.249 e. The molecule has 0 bridgehead atoms. The number of nitrogens with zero attached hydrogens (tertiary/aromatic N) is 3. The highest BCUT2D eigenvalue weighted by atomic mass is 35.5. The van der Waals surface area contributed by atoms with Crippen molar-refractivity contribution in [1.29, 1.82) is 0 Å². The van der Waals surface area contributed by atoms with Crippen LogP contribution < -0.4 is 10.3 Å². The van der Waals surface area contributed by atoms with Crippen LogP contribution in [0.5, 0.6) is 0 Å². The molecule has 2 aliphatic heterocycles. The molecule has 0 spiro atoms. The molecule has 5 rings (SSSR count). The molecular weight excluding hydrogens is 540 g/mol. The number of amides is 1. The van der Waals surface area contributed by atoms with Crippen molar-refractivity contribution in [1.82, 2.24) is 10.2 Å². The van der Waals surface area contributed by atoms with E-state index in [4.69, 9.17) is 20.8 Å². The lowest BCUT2D eigenvalue weighted by atomic mass is 9.78. The fourth-order valence-corrected chi connectivity index (χ4v) is 5.17. The number of hydrogen-bond acceptors (Lipinski definition) is 6. The quantitative estimate of drug-likeness (QED) is 0.440. The van der Waals surface area contributed by atoms with Crippen LogP contribution in [-0.2, 0) is 9.53 Å². The molecule has 2 aromatic carbocycles. The van der Waals surface area contributed by atoms with E-state index in [-0.39, 0.29) is 40.6 Å². The van der Waals surface area contributed by atoms with E-state index in [1.807, 2.05) is 7.05 Å². The van der Waals surface area contributed by atoms with Gasteiger partial charge in [-0.2, -0.15) is 5.10 Å². The Hall–Kier alpha value is -3.41. The highest BCUT2D eigenvalue weighted by Gasteiger charge is 2.57. The van der Waals surface area contributed by atoms with Gasteiger partial charge in [-0.1, -0.05) is 0 Å². The van der Waals surface area contributed by atoms with Crippen LogP contribution in [0.2, 0.25) is 5.22 Å². The Kier molecular flexibility index (Phi) is 7.41. The van der Waals surface area contributed by atoms with Gasteiger partial charge in [-0.05, 0) is 62.0 Å². The minimum atomic E-state index is -1.77. The summed E-state index contributed by atoms with van der Waals surface area (Å²) < 4.78 is 69.3. The van der Waals surface area contributed by atoms with Crippen molar-refractivity contribution < 1.29 is 31.5 Å². The smallest absolute Gasteiger partial charge is 0.249 e. The Labute approximate surface area is 227 Å². The Morgan fingerprint density at radius 3 is 2.46 bits per heavy atom. The molecule has 0 aliphatic carbocycles. The van der Waals surface area contributed by atoms with Gasteiger partial charge in [0, 0.05) is 37.3 Å². The predicted octanol–water partition coefficient (Wildman–Crippen LogP) is 4.70. The molecular formula is C27H25ClF4N4O3. The topological polar surface area (TPSA) is 70.3 Å². The average Bonchev–Trinajstić information content (AvgIpc) is 3.43. The van der Waals surface area contributed by atoms with Gasteiger partial charge >= 0.3 is 0 Å². The van der Waals surface area contributed by atoms with Crippen LogP contribution in [-0.4, -0.2) is 61.5 Å². The number of nitrogens with one attached hydrogen (secondary N) is 1. The number of ether oxygens (including phenoxy) is 1. The standard InChI is InChI=1S/C27H25ClF4N4O3/c1-27(26(37)33-13-17-14-35(2)9-10-38-17)24(22-7-8-23(28)39-22)25(18-5-3-15(29)11-19(18)31)34-36(27)21-6-4-16(30)12-20(21)32/h3-8,11-12,17,24H,9-10,13-14H2,1-2H3,(H,33,37)/t17-,24?,27?/m0/s1. The summed E-state index contributed by atoms with van der Waals surface area (Å²) in [6.45, 7) is 3.43. The van der Waals surface area contributed by atoms with Crippen molar-refractivity contribution in [2.45, 2.75) is 24.5 Å². The summed E-state index contributed by atoms with van der Waals surface area (Å²) in [6, 6.07) is 8.66. The zero-order valence-corrected chi connectivity index (χ0v) is 21.8. The van der Waals surface area contributed by atoms with E-state index >= 15 is 8.78 Å². The molecule has 1 aromatic heterocycles. The summed E-state index contributed by atoms with van der Waals surface area (Å²) in [4.78, 5) is 16.1. The third-order valence-electron chi connectivity index (χ3n) is 7.00. The molecule has 1 saturated heterocycles. The number of furan rings is 1. The largest absolute Gasteiger partial charge is 0.449 e. The summed E-state index contributed by atoms with van der Waals surface area (Å²) in [5.74, 6) is -5.19. The Morgan fingerprint density at radius 2 is 1.82 bits per heavy atom. The van der Waals surface area contributed by atoms with Gasteiger partial charge in [0.1, 0.15) is 23.2 Å². The molecule has 1 N–H and O–H groups in total. The second-order valence-electron chi connectivity index (χ2n) is 9.70. The number of anilines is 1. The van der Waals surface area contributed by atoms with Gasteiger partial charge in [0.05, 0.1) is 30.0 Å². The minimum Gasteiger partial charge on any atom is -0.449 e. The Balaban J connectivity index is 1.63. The van der Waals surface area contributed by atoms with E-state index in [0.717, 1.165) is 29.8 Å². The van der Waals surface area contributed by atoms with Crippen LogP contribution in [0.25, 0.3) is 0 Å². The molecule has 3 aromatic rings. The first-order valence-corrected chi connectivity index (χ1v) is 12.6. The molecule has 0 saturated carbocycles. The van der Waals surface area contributed by atoms with Gasteiger partial charge in [0.2, 0.25) is 5.91 Å². The number of carbonyl (C=O) groups is 1. The SMILES string of the molecule is CN1CCO[C@@H](CNC(=O)C2(C)C(c3ccc(Cl)o3)C(c3ccc(F)cc3F)=NN2c2ccc(F)cc2F)C1. The molecule has 3 heterocycles. The van der Waals surface area contributed by atoms with Crippen molar-refractivity contribution in [2.75, 3.05) is 38.3 Å². The fourth-order valence-electron chi connectivity index (χ4n) is 5.02. The van der Waals surface area contributed by atoms with Crippen LogP contribution in [0.3, 0.4) is 0 Å². The summed E-state index contributed by atoms with van der Waals surface area (Å²) in [6.07, 6.45) is -0.305. The van der Waals surface area contributed by atoms with E-state index in [2.05, 4.69) is 15.3 Å². The number of hydrazone groups is 1. The minimum absolute atomic E-state index is 0.00302. The first kappa shape index (κ1) is 27.2. The van der Waals surface area contributed by atoms with Crippen LogP contribution in [0, 0.1) is 23.3 Å². The van der Waals surface area contributed by atoms with E-state index in [1.54, 1.807) is 0 Å². The number of carbonyl (C=O) groups excluding carboxylic acids is 1. The van der Waals surface area contributed by atoms with Crippen molar-refractivity contribution >= 4 is 28.9 Å². The molecule has 2 aliphatic rings. The predicted molar refractivity (Wildman–Crippen MR) is 137 cm³/mol. The van der Waals surface area contributed by atoms with Crippen LogP contribution in [0.4, 0.5) is 23.2 Å². The number of hydrogen-bond donors (Lipinski definition) is 1. The van der Waals surface area contributed by atoms with Crippen LogP contribution >= 0.6 is 11.6 Å².